The summed E-state index contributed by atoms with van der Waals surface area (Å²) in [6.07, 6.45) is 0. The van der Waals surface area contributed by atoms with Crippen LogP contribution in [0.25, 0.3) is 54.6 Å². The van der Waals surface area contributed by atoms with Gasteiger partial charge in [0, 0.05) is 45.4 Å². The average molecular weight is 933 g/mol. The van der Waals surface area contributed by atoms with Crippen LogP contribution in [0.15, 0.2) is 170 Å². The van der Waals surface area contributed by atoms with Crippen molar-refractivity contribution in [1.82, 2.24) is 0 Å². The van der Waals surface area contributed by atoms with E-state index in [4.69, 9.17) is 0 Å². The molecule has 0 spiro atoms. The molecule has 0 aromatic heterocycles. The topological polar surface area (TPSA) is 6.48 Å². The van der Waals surface area contributed by atoms with E-state index < -0.39 is 39.4 Å². The van der Waals surface area contributed by atoms with Gasteiger partial charge in [-0.25, -0.2) is 17.6 Å². The first-order valence-electron chi connectivity index (χ1n) is 23.1. The van der Waals surface area contributed by atoms with Gasteiger partial charge >= 0.3 is 0 Å². The van der Waals surface area contributed by atoms with Gasteiger partial charge < -0.3 is 9.80 Å². The van der Waals surface area contributed by atoms with Gasteiger partial charge in [-0.2, -0.15) is 0 Å². The van der Waals surface area contributed by atoms with Crippen LogP contribution in [0, 0.1) is 37.1 Å². The first kappa shape index (κ1) is 44.8. The molecule has 0 aliphatic rings. The fraction of sp³-hybridized carbons (Fsp3) is 0.133. The number of benzene rings is 10. The van der Waals surface area contributed by atoms with Crippen molar-refractivity contribution in [3.8, 4) is 22.3 Å². The zero-order chi connectivity index (χ0) is 47.8. The molecule has 0 aliphatic carbocycles. The van der Waals surface area contributed by atoms with E-state index in [2.05, 4.69) is 99.9 Å². The Morgan fingerprint density at radius 2 is 0.706 bits per heavy atom. The molecule has 0 heterocycles. The SMILES string of the molecule is Cc1ccc(-c2cc(F)cc(F)c2N(c2ccc([Si](C)(C)C)cc2)c2ccc3ccc4c(N(c5ccc([Si](C)(C)C)cc5)c5c(F)cc(F)cc5-c5ccc(C)cc5)ccc5ccc2c3c54)cc1. The van der Waals surface area contributed by atoms with E-state index in [1.54, 1.807) is 0 Å². The molecular weight excluding hydrogens is 881 g/mol. The van der Waals surface area contributed by atoms with Crippen LogP contribution in [-0.2, 0) is 0 Å². The third-order valence-corrected chi connectivity index (χ3v) is 17.4. The van der Waals surface area contributed by atoms with Crippen molar-refractivity contribution in [1.29, 1.82) is 0 Å². The molecule has 10 aromatic carbocycles. The first-order chi connectivity index (χ1) is 32.4. The van der Waals surface area contributed by atoms with Gasteiger partial charge in [0.05, 0.1) is 38.9 Å². The summed E-state index contributed by atoms with van der Waals surface area (Å²) in [6, 6.07) is 53.4. The zero-order valence-corrected chi connectivity index (χ0v) is 41.6. The first-order valence-corrected chi connectivity index (χ1v) is 30.1. The second-order valence-corrected chi connectivity index (χ2v) is 30.3. The maximum absolute atomic E-state index is 17.0. The Labute approximate surface area is 398 Å². The quantitative estimate of drug-likeness (QED) is 0.0766. The summed E-state index contributed by atoms with van der Waals surface area (Å²) < 4.78 is 64.9. The van der Waals surface area contributed by atoms with Gasteiger partial charge in [-0.1, -0.05) is 170 Å². The summed E-state index contributed by atoms with van der Waals surface area (Å²) in [5.41, 5.74) is 7.62. The Bertz CT molecular complexity index is 3280. The van der Waals surface area contributed by atoms with E-state index in [1.165, 1.54) is 22.5 Å². The fourth-order valence-corrected chi connectivity index (χ4v) is 12.0. The Balaban J connectivity index is 1.26. The van der Waals surface area contributed by atoms with Crippen LogP contribution in [0.3, 0.4) is 0 Å². The van der Waals surface area contributed by atoms with Gasteiger partial charge in [-0.05, 0) is 95.1 Å². The van der Waals surface area contributed by atoms with E-state index in [-0.39, 0.29) is 11.4 Å². The Kier molecular flexibility index (Phi) is 11.2. The van der Waals surface area contributed by atoms with Crippen molar-refractivity contribution in [2.24, 2.45) is 0 Å². The van der Waals surface area contributed by atoms with Crippen LogP contribution in [0.4, 0.5) is 51.7 Å². The van der Waals surface area contributed by atoms with Crippen LogP contribution in [0.1, 0.15) is 11.1 Å². The van der Waals surface area contributed by atoms with Gasteiger partial charge in [0.15, 0.2) is 11.6 Å². The highest BCUT2D eigenvalue weighted by Gasteiger charge is 2.29. The van der Waals surface area contributed by atoms with Crippen LogP contribution >= 0.6 is 0 Å². The zero-order valence-electron chi connectivity index (χ0n) is 39.6. The van der Waals surface area contributed by atoms with Crippen molar-refractivity contribution in [2.75, 3.05) is 9.80 Å². The third-order valence-electron chi connectivity index (χ3n) is 13.3. The largest absolute Gasteiger partial charge is 0.307 e. The van der Waals surface area contributed by atoms with E-state index in [0.29, 0.717) is 33.6 Å². The lowest BCUT2D eigenvalue weighted by atomic mass is 9.91. The van der Waals surface area contributed by atoms with Crippen molar-refractivity contribution in [2.45, 2.75) is 53.1 Å². The molecule has 338 valence electrons. The maximum atomic E-state index is 17.0. The number of halogens is 4. The number of aryl methyl sites for hydroxylation is 2. The molecule has 0 N–H and O–H groups in total. The molecule has 0 bridgehead atoms. The summed E-state index contributed by atoms with van der Waals surface area (Å²) in [6.45, 7) is 17.7. The molecular formula is C60H52F4N2Si2. The van der Waals surface area contributed by atoms with Gasteiger partial charge in [-0.3, -0.25) is 0 Å². The van der Waals surface area contributed by atoms with Crippen LogP contribution in [0.2, 0.25) is 39.3 Å². The highest BCUT2D eigenvalue weighted by Crippen LogP contribution is 2.51. The van der Waals surface area contributed by atoms with Gasteiger partial charge in [-0.15, -0.1) is 0 Å². The molecule has 10 rings (SSSR count). The number of nitrogens with zero attached hydrogens (tertiary/aromatic N) is 2. The highest BCUT2D eigenvalue weighted by atomic mass is 28.3. The number of rotatable bonds is 10. The molecule has 0 aliphatic heterocycles. The lowest BCUT2D eigenvalue weighted by Crippen LogP contribution is -2.37. The van der Waals surface area contributed by atoms with E-state index in [0.717, 1.165) is 67.0 Å². The molecule has 0 fully saturated rings. The number of hydrogen-bond acceptors (Lipinski definition) is 2. The van der Waals surface area contributed by atoms with Crippen molar-refractivity contribution in [3.63, 3.8) is 0 Å². The second kappa shape index (κ2) is 16.9. The minimum absolute atomic E-state index is 0.232. The van der Waals surface area contributed by atoms with Crippen molar-refractivity contribution < 1.29 is 17.6 Å². The molecule has 68 heavy (non-hydrogen) atoms. The lowest BCUT2D eigenvalue weighted by Gasteiger charge is -2.32. The third kappa shape index (κ3) is 8.05. The summed E-state index contributed by atoms with van der Waals surface area (Å²) in [5.74, 6) is -2.71. The Morgan fingerprint density at radius 3 is 1.04 bits per heavy atom. The molecule has 0 atom stereocenters. The van der Waals surface area contributed by atoms with Gasteiger partial charge in [0.1, 0.15) is 11.6 Å². The monoisotopic (exact) mass is 932 g/mol. The predicted molar refractivity (Wildman–Crippen MR) is 286 cm³/mol. The molecule has 0 radical (unpaired) electrons. The Hall–Kier alpha value is -7.01. The van der Waals surface area contributed by atoms with E-state index in [9.17, 15) is 0 Å². The number of hydrogen-bond donors (Lipinski definition) is 0. The van der Waals surface area contributed by atoms with Crippen LogP contribution < -0.4 is 20.2 Å². The second-order valence-electron chi connectivity index (χ2n) is 20.2. The summed E-state index contributed by atoms with van der Waals surface area (Å²) in [4.78, 5) is 3.86. The van der Waals surface area contributed by atoms with Crippen molar-refractivity contribution >= 4 is 93.0 Å². The molecule has 0 saturated heterocycles. The smallest absolute Gasteiger partial charge is 0.150 e. The van der Waals surface area contributed by atoms with Gasteiger partial charge in [0.2, 0.25) is 0 Å². The lowest BCUT2D eigenvalue weighted by molar-refractivity contribution is 0.584. The number of anilines is 6. The van der Waals surface area contributed by atoms with E-state index >= 15 is 17.6 Å². The van der Waals surface area contributed by atoms with Crippen LogP contribution in [-0.4, -0.2) is 16.1 Å². The molecule has 0 saturated carbocycles. The minimum atomic E-state index is -1.72. The molecule has 10 aromatic rings. The molecule has 8 heteroatoms. The average Bonchev–Trinajstić information content (AvgIpc) is 3.30. The standard InChI is InChI=1S/C60H52F4N2Si2/c1-37-9-13-39(14-10-37)51-33-43(61)35-53(63)59(51)65(45-21-25-47(26-22-45)67(3,4)5)55-31-19-41-18-30-50-56(32-20-42-17-29-49(55)57(41)58(42)50)66(46-23-27-48(28-24-46)68(6,7)8)60-52(34-44(62)36-54(60)64)40-15-11-38(2)12-16-40/h9-36H,1-8H3. The summed E-state index contributed by atoms with van der Waals surface area (Å²) >= 11 is 0. The molecule has 0 unspecified atom stereocenters. The van der Waals surface area contributed by atoms with Crippen molar-refractivity contribution in [3.05, 3.63) is 204 Å². The maximum Gasteiger partial charge on any atom is 0.150 e. The highest BCUT2D eigenvalue weighted by molar-refractivity contribution is 6.89. The summed E-state index contributed by atoms with van der Waals surface area (Å²) in [7, 11) is -3.44. The van der Waals surface area contributed by atoms with Crippen LogP contribution in [0.5, 0.6) is 0 Å². The fourth-order valence-electron chi connectivity index (χ4n) is 9.65. The normalized spacial score (nSPS) is 12.1. The predicted octanol–water partition coefficient (Wildman–Crippen LogP) is 17.1. The van der Waals surface area contributed by atoms with Gasteiger partial charge in [0.25, 0.3) is 0 Å². The minimum Gasteiger partial charge on any atom is -0.307 e. The van der Waals surface area contributed by atoms with E-state index in [1.807, 2.05) is 109 Å². The Morgan fingerprint density at radius 1 is 0.368 bits per heavy atom. The summed E-state index contributed by atoms with van der Waals surface area (Å²) in [5, 5.41) is 8.02. The molecule has 0 amide bonds. The molecule has 2 nitrogen and oxygen atoms in total.